The molecule has 1 aromatic carbocycles. The van der Waals surface area contributed by atoms with E-state index in [1.165, 1.54) is 0 Å². The van der Waals surface area contributed by atoms with Crippen LogP contribution in [0.15, 0.2) is 24.3 Å². The standard InChI is InChI=1S/C18H24N4O2S/c1-13-18(20-17-8-4-3-7-16(17)19-13)22-11-5-6-14(12-22)21(2)25(23,24)15-9-10-15/h3-4,7-8,14-15H,5-6,9-12H2,1-2H3. The van der Waals surface area contributed by atoms with Crippen LogP contribution in [-0.4, -0.2) is 54.1 Å². The summed E-state index contributed by atoms with van der Waals surface area (Å²) in [6.45, 7) is 3.54. The van der Waals surface area contributed by atoms with Gasteiger partial charge in [-0.3, -0.25) is 0 Å². The van der Waals surface area contributed by atoms with Gasteiger partial charge in [-0.25, -0.2) is 18.4 Å². The zero-order valence-corrected chi connectivity index (χ0v) is 15.5. The molecule has 0 bridgehead atoms. The molecule has 1 unspecified atom stereocenters. The predicted octanol–water partition coefficient (Wildman–Crippen LogP) is 2.33. The third-order valence-electron chi connectivity index (χ3n) is 5.28. The molecule has 1 aliphatic heterocycles. The molecule has 2 fully saturated rings. The average Bonchev–Trinajstić information content (AvgIpc) is 3.46. The molecule has 134 valence electrons. The van der Waals surface area contributed by atoms with E-state index < -0.39 is 10.0 Å². The van der Waals surface area contributed by atoms with Gasteiger partial charge < -0.3 is 4.90 Å². The Morgan fingerprint density at radius 3 is 2.48 bits per heavy atom. The van der Waals surface area contributed by atoms with Gasteiger partial charge >= 0.3 is 0 Å². The number of nitrogens with zero attached hydrogens (tertiary/aromatic N) is 4. The average molecular weight is 360 g/mol. The van der Waals surface area contributed by atoms with Gasteiger partial charge in [-0.1, -0.05) is 12.1 Å². The molecule has 1 aromatic heterocycles. The first-order valence-corrected chi connectivity index (χ1v) is 10.4. The van der Waals surface area contributed by atoms with Crippen LogP contribution < -0.4 is 4.90 Å². The van der Waals surface area contributed by atoms with E-state index in [4.69, 9.17) is 4.98 Å². The molecule has 2 heterocycles. The van der Waals surface area contributed by atoms with Crippen molar-refractivity contribution in [3.63, 3.8) is 0 Å². The molecular formula is C18H24N4O2S. The molecule has 2 aromatic rings. The van der Waals surface area contributed by atoms with Crippen molar-refractivity contribution in [2.24, 2.45) is 0 Å². The van der Waals surface area contributed by atoms with Crippen molar-refractivity contribution in [3.8, 4) is 0 Å². The number of piperidine rings is 1. The van der Waals surface area contributed by atoms with Gasteiger partial charge in [0.25, 0.3) is 0 Å². The molecule has 1 saturated heterocycles. The normalized spacial score (nSPS) is 21.9. The number of aromatic nitrogens is 2. The fraction of sp³-hybridized carbons (Fsp3) is 0.556. The summed E-state index contributed by atoms with van der Waals surface area (Å²) in [6, 6.07) is 7.87. The Morgan fingerprint density at radius 2 is 1.80 bits per heavy atom. The summed E-state index contributed by atoms with van der Waals surface area (Å²) in [5.41, 5.74) is 2.67. The van der Waals surface area contributed by atoms with Crippen molar-refractivity contribution in [2.75, 3.05) is 25.0 Å². The highest BCUT2D eigenvalue weighted by Gasteiger charge is 2.41. The second kappa shape index (κ2) is 6.21. The number of anilines is 1. The largest absolute Gasteiger partial charge is 0.353 e. The van der Waals surface area contributed by atoms with Gasteiger partial charge in [0.2, 0.25) is 10.0 Å². The molecule has 25 heavy (non-hydrogen) atoms. The first-order valence-electron chi connectivity index (χ1n) is 8.92. The molecule has 7 heteroatoms. The van der Waals surface area contributed by atoms with Crippen LogP contribution in [0.2, 0.25) is 0 Å². The van der Waals surface area contributed by atoms with Crippen LogP contribution in [0.3, 0.4) is 0 Å². The van der Waals surface area contributed by atoms with E-state index >= 15 is 0 Å². The quantitative estimate of drug-likeness (QED) is 0.837. The van der Waals surface area contributed by atoms with Crippen molar-refractivity contribution in [1.82, 2.24) is 14.3 Å². The Bertz CT molecular complexity index is 895. The minimum Gasteiger partial charge on any atom is -0.353 e. The number of fused-ring (bicyclic) bond motifs is 1. The Hall–Kier alpha value is -1.73. The molecule has 0 N–H and O–H groups in total. The topological polar surface area (TPSA) is 66.4 Å². The fourth-order valence-electron chi connectivity index (χ4n) is 3.63. The smallest absolute Gasteiger partial charge is 0.217 e. The number of aryl methyl sites for hydroxylation is 1. The molecule has 4 rings (SSSR count). The van der Waals surface area contributed by atoms with Gasteiger partial charge in [-0.05, 0) is 44.7 Å². The van der Waals surface area contributed by atoms with Gasteiger partial charge in [0, 0.05) is 26.2 Å². The Labute approximate surface area is 148 Å². The number of para-hydroxylation sites is 2. The highest BCUT2D eigenvalue weighted by atomic mass is 32.2. The molecule has 2 aliphatic rings. The summed E-state index contributed by atoms with van der Waals surface area (Å²) in [5.74, 6) is 0.876. The minimum absolute atomic E-state index is 0.00650. The first-order chi connectivity index (χ1) is 12.0. The van der Waals surface area contributed by atoms with Gasteiger partial charge in [-0.2, -0.15) is 4.31 Å². The lowest BCUT2D eigenvalue weighted by molar-refractivity contribution is 0.319. The zero-order valence-electron chi connectivity index (χ0n) is 14.7. The third kappa shape index (κ3) is 3.11. The lowest BCUT2D eigenvalue weighted by atomic mass is 10.1. The number of hydrogen-bond donors (Lipinski definition) is 0. The van der Waals surface area contributed by atoms with Gasteiger partial charge in [-0.15, -0.1) is 0 Å². The SMILES string of the molecule is Cc1nc2ccccc2nc1N1CCCC(N(C)S(=O)(=O)C2CC2)C1. The van der Waals surface area contributed by atoms with Crippen molar-refractivity contribution in [2.45, 2.75) is 43.9 Å². The van der Waals surface area contributed by atoms with Crippen LogP contribution in [0.5, 0.6) is 0 Å². The second-order valence-corrected chi connectivity index (χ2v) is 9.40. The maximum absolute atomic E-state index is 12.6. The number of hydrogen-bond acceptors (Lipinski definition) is 5. The van der Waals surface area contributed by atoms with Crippen LogP contribution in [0, 0.1) is 6.92 Å². The summed E-state index contributed by atoms with van der Waals surface area (Å²) in [5, 5.41) is -0.157. The van der Waals surface area contributed by atoms with Crippen molar-refractivity contribution in [1.29, 1.82) is 0 Å². The number of rotatable bonds is 4. The monoisotopic (exact) mass is 360 g/mol. The van der Waals surface area contributed by atoms with Crippen LogP contribution in [-0.2, 0) is 10.0 Å². The lowest BCUT2D eigenvalue weighted by Gasteiger charge is -2.38. The van der Waals surface area contributed by atoms with E-state index in [2.05, 4.69) is 9.88 Å². The molecule has 0 radical (unpaired) electrons. The maximum Gasteiger partial charge on any atom is 0.217 e. The van der Waals surface area contributed by atoms with E-state index in [9.17, 15) is 8.42 Å². The van der Waals surface area contributed by atoms with Crippen molar-refractivity contribution < 1.29 is 8.42 Å². The minimum atomic E-state index is -3.15. The summed E-state index contributed by atoms with van der Waals surface area (Å²) >= 11 is 0. The van der Waals surface area contributed by atoms with Crippen LogP contribution in [0.25, 0.3) is 11.0 Å². The van der Waals surface area contributed by atoms with Crippen LogP contribution >= 0.6 is 0 Å². The van der Waals surface area contributed by atoms with E-state index in [0.717, 1.165) is 54.8 Å². The van der Waals surface area contributed by atoms with Crippen LogP contribution in [0.4, 0.5) is 5.82 Å². The van der Waals surface area contributed by atoms with Crippen molar-refractivity contribution >= 4 is 26.9 Å². The van der Waals surface area contributed by atoms with E-state index in [1.807, 2.05) is 31.2 Å². The molecule has 6 nitrogen and oxygen atoms in total. The molecule has 1 aliphatic carbocycles. The first kappa shape index (κ1) is 16.7. The summed E-state index contributed by atoms with van der Waals surface area (Å²) in [4.78, 5) is 11.7. The van der Waals surface area contributed by atoms with Gasteiger partial charge in [0.1, 0.15) is 0 Å². The van der Waals surface area contributed by atoms with E-state index in [1.54, 1.807) is 11.4 Å². The van der Waals surface area contributed by atoms with Crippen LogP contribution in [0.1, 0.15) is 31.4 Å². The zero-order chi connectivity index (χ0) is 17.6. The Kier molecular flexibility index (Phi) is 4.16. The summed E-state index contributed by atoms with van der Waals surface area (Å²) in [7, 11) is -1.41. The van der Waals surface area contributed by atoms with Gasteiger partial charge in [0.15, 0.2) is 5.82 Å². The molecule has 0 amide bonds. The lowest BCUT2D eigenvalue weighted by Crippen LogP contribution is -2.49. The Balaban J connectivity index is 1.60. The summed E-state index contributed by atoms with van der Waals surface area (Å²) in [6.07, 6.45) is 3.47. The molecule has 0 spiro atoms. The number of sulfonamides is 1. The molecule has 1 saturated carbocycles. The highest BCUT2D eigenvalue weighted by molar-refractivity contribution is 7.90. The predicted molar refractivity (Wildman–Crippen MR) is 99.2 cm³/mol. The fourth-order valence-corrected chi connectivity index (χ4v) is 5.42. The molecule has 1 atom stereocenters. The Morgan fingerprint density at radius 1 is 1.12 bits per heavy atom. The van der Waals surface area contributed by atoms with Crippen molar-refractivity contribution in [3.05, 3.63) is 30.0 Å². The van der Waals surface area contributed by atoms with Gasteiger partial charge in [0.05, 0.1) is 22.0 Å². The number of benzene rings is 1. The third-order valence-corrected chi connectivity index (χ3v) is 7.69. The second-order valence-electron chi connectivity index (χ2n) is 7.12. The number of likely N-dealkylation sites (N-methyl/N-ethyl adjacent to an activating group) is 1. The maximum atomic E-state index is 12.6. The summed E-state index contributed by atoms with van der Waals surface area (Å²) < 4.78 is 26.7. The van der Waals surface area contributed by atoms with E-state index in [0.29, 0.717) is 6.54 Å². The highest BCUT2D eigenvalue weighted by Crippen LogP contribution is 2.33. The molecular weight excluding hydrogens is 336 g/mol. The van der Waals surface area contributed by atoms with E-state index in [-0.39, 0.29) is 11.3 Å².